The van der Waals surface area contributed by atoms with Gasteiger partial charge in [0.15, 0.2) is 0 Å². The Morgan fingerprint density at radius 2 is 1.08 bits per heavy atom. The molecule has 0 fully saturated rings. The Morgan fingerprint density at radius 3 is 1.54 bits per heavy atom. The highest BCUT2D eigenvalue weighted by atomic mass is 16.6. The molecule has 0 rings (SSSR count). The molecule has 0 spiro atoms. The maximum Gasteiger partial charge on any atom is 0.303 e. The fraction of sp³-hybridized carbons (Fsp3) is 0.781. The zero-order valence-corrected chi connectivity index (χ0v) is 26.1. The summed E-state index contributed by atoms with van der Waals surface area (Å²) >= 11 is 0. The fourth-order valence-corrected chi connectivity index (χ4v) is 4.23. The Hall–Kier alpha value is -1.51. The largest absolute Gasteiger partial charge is 0.459 e. The predicted molar refractivity (Wildman–Crippen MR) is 158 cm³/mol. The monoisotopic (exact) mass is 554 g/mol. The van der Waals surface area contributed by atoms with Crippen molar-refractivity contribution >= 4 is 5.97 Å². The van der Waals surface area contributed by atoms with Gasteiger partial charge in [0.1, 0.15) is 6.10 Å². The molecule has 0 aliphatic heterocycles. The van der Waals surface area contributed by atoms with Crippen LogP contribution in [0.2, 0.25) is 0 Å². The molecule has 0 bridgehead atoms. The molecule has 5 N–H and O–H groups in total. The number of rotatable bonds is 19. The van der Waals surface area contributed by atoms with Gasteiger partial charge in [0, 0.05) is 6.92 Å². The van der Waals surface area contributed by atoms with Gasteiger partial charge < -0.3 is 30.3 Å². The van der Waals surface area contributed by atoms with Gasteiger partial charge in [0.2, 0.25) is 0 Å². The van der Waals surface area contributed by atoms with Crippen LogP contribution in [-0.2, 0) is 9.53 Å². The van der Waals surface area contributed by atoms with E-state index in [9.17, 15) is 30.3 Å². The molecule has 0 saturated carbocycles. The zero-order chi connectivity index (χ0) is 30.4. The second-order valence-electron chi connectivity index (χ2n) is 12.7. The molecule has 0 aromatic heterocycles. The molecule has 0 amide bonds. The number of esters is 1. The molecular weight excluding hydrogens is 496 g/mol. The molecule has 0 aromatic carbocycles. The smallest absolute Gasteiger partial charge is 0.303 e. The standard InChI is InChI=1S/C32H58O7/c1-23(15-12-16-25(3)17-19-27(34)30(5,6)36)13-10-11-14-24(2)18-20-29(39-26(4)33)32(9,38)22-21-28(35)31(7,8)37/h13-14,16,27-29,34-38H,10-12,15,17-22H2,1-9H3. The van der Waals surface area contributed by atoms with E-state index in [1.54, 1.807) is 20.8 Å². The molecule has 0 aromatic rings. The molecular formula is C32H58O7. The summed E-state index contributed by atoms with van der Waals surface area (Å²) in [6.07, 6.45) is 10.9. The van der Waals surface area contributed by atoms with Crippen LogP contribution in [-0.4, -0.2) is 66.6 Å². The van der Waals surface area contributed by atoms with Crippen molar-refractivity contribution in [3.63, 3.8) is 0 Å². The van der Waals surface area contributed by atoms with Crippen LogP contribution in [0, 0.1) is 0 Å². The van der Waals surface area contributed by atoms with E-state index in [0.717, 1.165) is 37.7 Å². The maximum atomic E-state index is 11.7. The Labute approximate surface area is 237 Å². The third-order valence-corrected chi connectivity index (χ3v) is 7.35. The Morgan fingerprint density at radius 1 is 0.667 bits per heavy atom. The molecule has 0 heterocycles. The van der Waals surface area contributed by atoms with Crippen LogP contribution < -0.4 is 0 Å². The van der Waals surface area contributed by atoms with E-state index < -0.39 is 41.1 Å². The van der Waals surface area contributed by atoms with Crippen molar-refractivity contribution < 1.29 is 35.1 Å². The molecule has 0 aliphatic carbocycles. The van der Waals surface area contributed by atoms with E-state index in [2.05, 4.69) is 32.1 Å². The first-order valence-electron chi connectivity index (χ1n) is 14.4. The quantitative estimate of drug-likeness (QED) is 0.0790. The van der Waals surface area contributed by atoms with E-state index in [-0.39, 0.29) is 12.8 Å². The van der Waals surface area contributed by atoms with Crippen molar-refractivity contribution in [3.05, 3.63) is 34.9 Å². The number of aliphatic hydroxyl groups excluding tert-OH is 2. The molecule has 39 heavy (non-hydrogen) atoms. The molecule has 228 valence electrons. The number of carbonyl (C=O) groups is 1. The van der Waals surface area contributed by atoms with Gasteiger partial charge in [-0.2, -0.15) is 0 Å². The minimum atomic E-state index is -1.32. The zero-order valence-electron chi connectivity index (χ0n) is 26.1. The first-order valence-corrected chi connectivity index (χ1v) is 14.4. The normalized spacial score (nSPS) is 17.9. The highest BCUT2D eigenvalue weighted by Crippen LogP contribution is 2.28. The number of aliphatic hydroxyl groups is 5. The summed E-state index contributed by atoms with van der Waals surface area (Å²) < 4.78 is 5.44. The molecule has 7 heteroatoms. The summed E-state index contributed by atoms with van der Waals surface area (Å²) in [4.78, 5) is 11.7. The summed E-state index contributed by atoms with van der Waals surface area (Å²) in [5.41, 5.74) is 0.0678. The highest BCUT2D eigenvalue weighted by molar-refractivity contribution is 5.66. The van der Waals surface area contributed by atoms with Gasteiger partial charge in [-0.25, -0.2) is 0 Å². The van der Waals surface area contributed by atoms with Crippen molar-refractivity contribution in [3.8, 4) is 0 Å². The second kappa shape index (κ2) is 17.3. The third kappa shape index (κ3) is 17.7. The summed E-state index contributed by atoms with van der Waals surface area (Å²) in [7, 11) is 0. The van der Waals surface area contributed by atoms with E-state index in [1.165, 1.54) is 31.9 Å². The number of hydrogen-bond donors (Lipinski definition) is 5. The molecule has 0 saturated heterocycles. The lowest BCUT2D eigenvalue weighted by atomic mass is 9.86. The highest BCUT2D eigenvalue weighted by Gasteiger charge is 2.36. The van der Waals surface area contributed by atoms with E-state index >= 15 is 0 Å². The summed E-state index contributed by atoms with van der Waals surface area (Å²) in [6, 6.07) is 0. The molecule has 7 nitrogen and oxygen atoms in total. The predicted octanol–water partition coefficient (Wildman–Crippen LogP) is 5.67. The Kier molecular flexibility index (Phi) is 16.7. The van der Waals surface area contributed by atoms with Crippen LogP contribution in [0.4, 0.5) is 0 Å². The number of ether oxygens (including phenoxy) is 1. The summed E-state index contributed by atoms with van der Waals surface area (Å²) in [5.74, 6) is -0.456. The average molecular weight is 555 g/mol. The van der Waals surface area contributed by atoms with Gasteiger partial charge in [-0.1, -0.05) is 34.9 Å². The lowest BCUT2D eigenvalue weighted by molar-refractivity contribution is -0.164. The SMILES string of the molecule is CC(=O)OC(CCC(C)=CCCC=C(C)CCC=C(C)CCC(O)C(C)(C)O)C(C)(O)CCC(O)C(C)(C)O. The molecule has 4 atom stereocenters. The fourth-order valence-electron chi connectivity index (χ4n) is 4.23. The number of carbonyl (C=O) groups excluding carboxylic acids is 1. The molecule has 0 radical (unpaired) electrons. The second-order valence-corrected chi connectivity index (χ2v) is 12.7. The average Bonchev–Trinajstić information content (AvgIpc) is 2.79. The van der Waals surface area contributed by atoms with Crippen molar-refractivity contribution in [1.29, 1.82) is 0 Å². The van der Waals surface area contributed by atoms with Crippen LogP contribution in [0.5, 0.6) is 0 Å². The lowest BCUT2D eigenvalue weighted by Crippen LogP contribution is -2.44. The Balaban J connectivity index is 4.66. The first kappa shape index (κ1) is 37.5. The van der Waals surface area contributed by atoms with Crippen LogP contribution in [0.15, 0.2) is 34.9 Å². The molecule has 4 unspecified atom stereocenters. The minimum absolute atomic E-state index is 0.190. The maximum absolute atomic E-state index is 11.7. The number of unbranched alkanes of at least 4 members (excludes halogenated alkanes) is 1. The Bertz CT molecular complexity index is 809. The van der Waals surface area contributed by atoms with E-state index in [4.69, 9.17) is 4.74 Å². The summed E-state index contributed by atoms with van der Waals surface area (Å²) in [5, 5.41) is 50.9. The summed E-state index contributed by atoms with van der Waals surface area (Å²) in [6.45, 7) is 15.5. The van der Waals surface area contributed by atoms with Crippen molar-refractivity contribution in [2.24, 2.45) is 0 Å². The third-order valence-electron chi connectivity index (χ3n) is 7.35. The van der Waals surface area contributed by atoms with Gasteiger partial charge in [0.25, 0.3) is 0 Å². The minimum Gasteiger partial charge on any atom is -0.459 e. The van der Waals surface area contributed by atoms with E-state index in [0.29, 0.717) is 19.3 Å². The number of allylic oxidation sites excluding steroid dienone is 6. The first-order chi connectivity index (χ1) is 17.8. The lowest BCUT2D eigenvalue weighted by Gasteiger charge is -2.34. The van der Waals surface area contributed by atoms with Crippen LogP contribution in [0.1, 0.15) is 127 Å². The van der Waals surface area contributed by atoms with Crippen molar-refractivity contribution in [2.45, 2.75) is 162 Å². The van der Waals surface area contributed by atoms with Gasteiger partial charge in [0.05, 0.1) is 29.0 Å². The van der Waals surface area contributed by atoms with Crippen LogP contribution >= 0.6 is 0 Å². The van der Waals surface area contributed by atoms with Gasteiger partial charge in [-0.3, -0.25) is 4.79 Å². The number of hydrogen-bond acceptors (Lipinski definition) is 7. The van der Waals surface area contributed by atoms with Gasteiger partial charge >= 0.3 is 5.97 Å². The van der Waals surface area contributed by atoms with Crippen LogP contribution in [0.3, 0.4) is 0 Å². The van der Waals surface area contributed by atoms with Crippen LogP contribution in [0.25, 0.3) is 0 Å². The van der Waals surface area contributed by atoms with Gasteiger partial charge in [-0.15, -0.1) is 0 Å². The molecule has 0 aliphatic rings. The van der Waals surface area contributed by atoms with Crippen molar-refractivity contribution in [1.82, 2.24) is 0 Å². The topological polar surface area (TPSA) is 127 Å². The van der Waals surface area contributed by atoms with Gasteiger partial charge in [-0.05, 0) is 120 Å². The van der Waals surface area contributed by atoms with E-state index in [1.807, 2.05) is 6.92 Å². The van der Waals surface area contributed by atoms with Crippen molar-refractivity contribution in [2.75, 3.05) is 0 Å².